The number of carbonyl (C=O) groups is 3. The number of rotatable bonds is 11. The van der Waals surface area contributed by atoms with Gasteiger partial charge in [0.25, 0.3) is 0 Å². The minimum absolute atomic E-state index is 0.0381. The fourth-order valence-corrected chi connectivity index (χ4v) is 2.16. The average Bonchev–Trinajstić information content (AvgIpc) is 3.04. The summed E-state index contributed by atoms with van der Waals surface area (Å²) in [5.41, 5.74) is 5.94. The van der Waals surface area contributed by atoms with Gasteiger partial charge in [-0.25, -0.2) is 9.59 Å². The summed E-state index contributed by atoms with van der Waals surface area (Å²) >= 11 is 0. The van der Waals surface area contributed by atoms with Gasteiger partial charge in [-0.05, 0) is 13.3 Å². The van der Waals surface area contributed by atoms with Crippen molar-refractivity contribution in [3.63, 3.8) is 0 Å². The topological polar surface area (TPSA) is 213 Å². The van der Waals surface area contributed by atoms with Crippen LogP contribution in [0.15, 0.2) is 6.20 Å². The highest BCUT2D eigenvalue weighted by molar-refractivity contribution is 5.83. The standard InChI is InChI=1S/C14H24N6O7/c1-7(22)12(13(25)26)17-14(27)16-8(2-3-11(23)24)4-20-5-10(18-19-20)9(15)6-21/h5,7-9,12,21-22H,2-4,6,15H2,1H3,(H,23,24)(H,25,26)(H2,16,17,27)/t7-,8-,9-,12-/m0/s1. The Hall–Kier alpha value is -2.77. The van der Waals surface area contributed by atoms with E-state index in [0.29, 0.717) is 5.69 Å². The summed E-state index contributed by atoms with van der Waals surface area (Å²) in [6.07, 6.45) is -0.0920. The molecule has 27 heavy (non-hydrogen) atoms. The van der Waals surface area contributed by atoms with Crippen LogP contribution >= 0.6 is 0 Å². The number of nitrogens with zero attached hydrogens (tertiary/aromatic N) is 3. The molecule has 1 aromatic rings. The number of nitrogens with one attached hydrogen (secondary N) is 2. The smallest absolute Gasteiger partial charge is 0.328 e. The van der Waals surface area contributed by atoms with Gasteiger partial charge in [0, 0.05) is 6.42 Å². The summed E-state index contributed by atoms with van der Waals surface area (Å²) in [4.78, 5) is 33.9. The molecule has 152 valence electrons. The molecule has 13 heteroatoms. The Kier molecular flexibility index (Phi) is 8.58. The number of urea groups is 1. The zero-order chi connectivity index (χ0) is 20.6. The number of amides is 2. The highest BCUT2D eigenvalue weighted by atomic mass is 16.4. The number of carboxylic acids is 2. The highest BCUT2D eigenvalue weighted by Crippen LogP contribution is 2.07. The third-order valence-electron chi connectivity index (χ3n) is 3.62. The van der Waals surface area contributed by atoms with Gasteiger partial charge in [0.2, 0.25) is 0 Å². The molecule has 0 aromatic carbocycles. The van der Waals surface area contributed by atoms with Crippen molar-refractivity contribution in [3.8, 4) is 0 Å². The van der Waals surface area contributed by atoms with Gasteiger partial charge in [0.15, 0.2) is 6.04 Å². The summed E-state index contributed by atoms with van der Waals surface area (Å²) in [7, 11) is 0. The number of aromatic nitrogens is 3. The summed E-state index contributed by atoms with van der Waals surface area (Å²) in [5, 5.41) is 48.4. The average molecular weight is 388 g/mol. The predicted molar refractivity (Wildman–Crippen MR) is 89.5 cm³/mol. The van der Waals surface area contributed by atoms with E-state index in [-0.39, 0.29) is 26.0 Å². The van der Waals surface area contributed by atoms with Crippen LogP contribution in [0.1, 0.15) is 31.5 Å². The number of aliphatic carboxylic acids is 2. The maximum absolute atomic E-state index is 12.0. The Morgan fingerprint density at radius 2 is 1.96 bits per heavy atom. The van der Waals surface area contributed by atoms with Crippen LogP contribution in [0.4, 0.5) is 4.79 Å². The molecule has 0 aliphatic carbocycles. The van der Waals surface area contributed by atoms with Crippen LogP contribution < -0.4 is 16.4 Å². The van der Waals surface area contributed by atoms with Crippen LogP contribution in [0.3, 0.4) is 0 Å². The zero-order valence-electron chi connectivity index (χ0n) is 14.6. The van der Waals surface area contributed by atoms with Crippen molar-refractivity contribution in [1.29, 1.82) is 0 Å². The number of aliphatic hydroxyl groups excluding tert-OH is 2. The lowest BCUT2D eigenvalue weighted by atomic mass is 10.1. The molecule has 1 heterocycles. The second kappa shape index (κ2) is 10.4. The lowest BCUT2D eigenvalue weighted by molar-refractivity contribution is -0.141. The molecular weight excluding hydrogens is 364 g/mol. The normalized spacial score (nSPS) is 15.4. The Labute approximate surface area is 154 Å². The summed E-state index contributed by atoms with van der Waals surface area (Å²) < 4.78 is 1.32. The summed E-state index contributed by atoms with van der Waals surface area (Å²) in [5.74, 6) is -2.49. The molecular formula is C14H24N6O7. The third kappa shape index (κ3) is 7.55. The lowest BCUT2D eigenvalue weighted by Gasteiger charge is -2.21. The van der Waals surface area contributed by atoms with E-state index in [1.165, 1.54) is 17.8 Å². The van der Waals surface area contributed by atoms with Crippen LogP contribution in [0, 0.1) is 0 Å². The summed E-state index contributed by atoms with van der Waals surface area (Å²) in [6.45, 7) is 0.915. The molecule has 0 bridgehead atoms. The first-order valence-corrected chi connectivity index (χ1v) is 8.10. The van der Waals surface area contributed by atoms with E-state index < -0.39 is 42.2 Å². The third-order valence-corrected chi connectivity index (χ3v) is 3.62. The van der Waals surface area contributed by atoms with Gasteiger partial charge < -0.3 is 36.8 Å². The Morgan fingerprint density at radius 1 is 1.30 bits per heavy atom. The van der Waals surface area contributed by atoms with Crippen molar-refractivity contribution >= 4 is 18.0 Å². The van der Waals surface area contributed by atoms with Gasteiger partial charge in [-0.1, -0.05) is 5.21 Å². The van der Waals surface area contributed by atoms with Crippen molar-refractivity contribution in [2.24, 2.45) is 5.73 Å². The molecule has 13 nitrogen and oxygen atoms in total. The van der Waals surface area contributed by atoms with Crippen LogP contribution in [0.2, 0.25) is 0 Å². The maximum Gasteiger partial charge on any atom is 0.328 e. The van der Waals surface area contributed by atoms with E-state index in [1.54, 1.807) is 0 Å². The van der Waals surface area contributed by atoms with E-state index >= 15 is 0 Å². The minimum Gasteiger partial charge on any atom is -0.481 e. The number of hydrogen-bond donors (Lipinski definition) is 7. The van der Waals surface area contributed by atoms with E-state index in [2.05, 4.69) is 20.9 Å². The van der Waals surface area contributed by atoms with Crippen LogP contribution in [0.5, 0.6) is 0 Å². The van der Waals surface area contributed by atoms with Gasteiger partial charge in [-0.15, -0.1) is 5.10 Å². The zero-order valence-corrected chi connectivity index (χ0v) is 14.6. The highest BCUT2D eigenvalue weighted by Gasteiger charge is 2.26. The molecule has 0 unspecified atom stereocenters. The molecule has 0 aliphatic heterocycles. The van der Waals surface area contributed by atoms with E-state index in [4.69, 9.17) is 21.1 Å². The molecule has 0 aliphatic rings. The minimum atomic E-state index is -1.52. The molecule has 0 saturated heterocycles. The molecule has 0 spiro atoms. The first-order chi connectivity index (χ1) is 12.6. The molecule has 1 rings (SSSR count). The second-order valence-corrected chi connectivity index (χ2v) is 5.96. The van der Waals surface area contributed by atoms with Crippen LogP contribution in [0.25, 0.3) is 0 Å². The Balaban J connectivity index is 2.78. The molecule has 4 atom stereocenters. The number of nitrogens with two attached hydrogens (primary N) is 1. The fraction of sp³-hybridized carbons (Fsp3) is 0.643. The van der Waals surface area contributed by atoms with E-state index in [1.807, 2.05) is 0 Å². The van der Waals surface area contributed by atoms with Gasteiger partial charge in [-0.2, -0.15) is 0 Å². The van der Waals surface area contributed by atoms with E-state index in [9.17, 15) is 19.5 Å². The first-order valence-electron chi connectivity index (χ1n) is 8.10. The van der Waals surface area contributed by atoms with Crippen molar-refractivity contribution in [2.75, 3.05) is 6.61 Å². The number of carbonyl (C=O) groups excluding carboxylic acids is 1. The SMILES string of the molecule is C[C@H](O)[C@H](NC(=O)N[C@@H](CCC(=O)O)Cn1cc([C@@H](N)CO)nn1)C(=O)O. The van der Waals surface area contributed by atoms with Crippen LogP contribution in [-0.2, 0) is 16.1 Å². The predicted octanol–water partition coefficient (Wildman–Crippen LogP) is -2.36. The lowest BCUT2D eigenvalue weighted by Crippen LogP contribution is -2.53. The van der Waals surface area contributed by atoms with Gasteiger partial charge >= 0.3 is 18.0 Å². The Morgan fingerprint density at radius 3 is 2.48 bits per heavy atom. The van der Waals surface area contributed by atoms with Crippen LogP contribution in [-0.4, -0.2) is 78.2 Å². The molecule has 0 saturated carbocycles. The molecule has 0 radical (unpaired) electrons. The van der Waals surface area contributed by atoms with Crippen molar-refractivity contribution in [2.45, 2.75) is 50.5 Å². The quantitative estimate of drug-likeness (QED) is 0.214. The maximum atomic E-state index is 12.0. The van der Waals surface area contributed by atoms with Crippen molar-refractivity contribution < 1.29 is 34.8 Å². The number of aliphatic hydroxyl groups is 2. The first kappa shape index (κ1) is 22.3. The Bertz CT molecular complexity index is 650. The van der Waals surface area contributed by atoms with Crippen molar-refractivity contribution in [3.05, 3.63) is 11.9 Å². The number of carboxylic acid groups (broad SMARTS) is 2. The monoisotopic (exact) mass is 388 g/mol. The van der Waals surface area contributed by atoms with E-state index in [0.717, 1.165) is 0 Å². The van der Waals surface area contributed by atoms with Gasteiger partial charge in [-0.3, -0.25) is 9.48 Å². The molecule has 2 amide bonds. The fourth-order valence-electron chi connectivity index (χ4n) is 2.16. The second-order valence-electron chi connectivity index (χ2n) is 5.96. The molecule has 0 fully saturated rings. The molecule has 8 N–H and O–H groups in total. The van der Waals surface area contributed by atoms with Gasteiger partial charge in [0.05, 0.1) is 37.5 Å². The van der Waals surface area contributed by atoms with Gasteiger partial charge in [0.1, 0.15) is 5.69 Å². The van der Waals surface area contributed by atoms with Crippen molar-refractivity contribution in [1.82, 2.24) is 25.6 Å². The summed E-state index contributed by atoms with van der Waals surface area (Å²) in [6, 6.07) is -3.85. The molecule has 1 aromatic heterocycles. The number of hydrogen-bond acceptors (Lipinski definition) is 8. The largest absolute Gasteiger partial charge is 0.481 e.